The molecule has 0 saturated carbocycles. The lowest BCUT2D eigenvalue weighted by Gasteiger charge is -2.45. The Morgan fingerprint density at radius 1 is 1.00 bits per heavy atom. The zero-order valence-electron chi connectivity index (χ0n) is 25.5. The van der Waals surface area contributed by atoms with Crippen LogP contribution in [0.5, 0.6) is 11.5 Å². The molecule has 1 aliphatic heterocycles. The molecule has 8 atom stereocenters. The Morgan fingerprint density at radius 2 is 1.66 bits per heavy atom. The number of aliphatic imine (C=N–C) groups is 1. The van der Waals surface area contributed by atoms with Crippen molar-refractivity contribution in [2.45, 2.75) is 69.0 Å². The minimum absolute atomic E-state index is 0.0102. The van der Waals surface area contributed by atoms with Crippen LogP contribution < -0.4 is 0 Å². The highest BCUT2D eigenvalue weighted by molar-refractivity contribution is 6.53. The second kappa shape index (κ2) is 11.1. The summed E-state index contributed by atoms with van der Waals surface area (Å²) in [5.74, 6) is -9.84. The monoisotopic (exact) mass is 653 g/mol. The van der Waals surface area contributed by atoms with Crippen molar-refractivity contribution in [2.24, 2.45) is 10.9 Å². The van der Waals surface area contributed by atoms with E-state index in [9.17, 15) is 54.6 Å². The first-order valence-electron chi connectivity index (χ1n) is 14.6. The van der Waals surface area contributed by atoms with Gasteiger partial charge in [0.2, 0.25) is 11.6 Å². The number of benzene rings is 2. The van der Waals surface area contributed by atoms with Gasteiger partial charge in [-0.3, -0.25) is 24.2 Å². The van der Waals surface area contributed by atoms with Crippen LogP contribution in [0.4, 0.5) is 0 Å². The third-order valence-electron chi connectivity index (χ3n) is 9.57. The van der Waals surface area contributed by atoms with Crippen LogP contribution in [0.1, 0.15) is 81.8 Å². The van der Waals surface area contributed by atoms with Gasteiger partial charge in [0.1, 0.15) is 35.4 Å². The Kier molecular flexibility index (Phi) is 7.70. The van der Waals surface area contributed by atoms with E-state index in [0.29, 0.717) is 0 Å². The number of aliphatic hydroxyl groups is 3. The standard InChI is InChI=1S/C32H31NO14/c1-9-5-11-6-16(35)21-25(39)19-13(29(41)32(21,44)20(11)24(38)17(9)31(42)43)7-12-18(23(19)37)15(34)8-14(22(12)36)33-30-28(46-4)26(40)27(45-3)10(2)47-30/h5,7,10,16,21,26-28,30,35,37-38,40,44H,6,8H2,1-4H3,(H,42,43). The molecule has 3 aliphatic carbocycles. The van der Waals surface area contributed by atoms with Gasteiger partial charge in [0.15, 0.2) is 23.4 Å². The normalized spacial score (nSPS) is 32.5. The quantitative estimate of drug-likeness (QED) is 0.259. The molecule has 248 valence electrons. The fourth-order valence-electron chi connectivity index (χ4n) is 7.47. The highest BCUT2D eigenvalue weighted by atomic mass is 16.6. The molecule has 2 aromatic rings. The number of carboxylic acids is 1. The van der Waals surface area contributed by atoms with E-state index in [1.54, 1.807) is 6.92 Å². The minimum Gasteiger partial charge on any atom is -0.507 e. The first kappa shape index (κ1) is 32.6. The maximum atomic E-state index is 14.2. The maximum Gasteiger partial charge on any atom is 0.339 e. The molecule has 6 N–H and O–H groups in total. The first-order valence-corrected chi connectivity index (χ1v) is 14.6. The van der Waals surface area contributed by atoms with E-state index in [1.807, 2.05) is 0 Å². The van der Waals surface area contributed by atoms with Crippen molar-refractivity contribution in [3.8, 4) is 11.5 Å². The molecule has 6 rings (SSSR count). The van der Waals surface area contributed by atoms with E-state index in [1.165, 1.54) is 27.2 Å². The number of Topliss-reactive ketones (excluding diaryl/α,β-unsaturated/α-hetero) is 4. The van der Waals surface area contributed by atoms with Crippen molar-refractivity contribution >= 4 is 34.8 Å². The molecule has 0 amide bonds. The second-order valence-electron chi connectivity index (χ2n) is 12.2. The highest BCUT2D eigenvalue weighted by Crippen LogP contribution is 2.53. The number of carbonyl (C=O) groups is 5. The lowest BCUT2D eigenvalue weighted by Crippen LogP contribution is -2.58. The number of hydrogen-bond acceptors (Lipinski definition) is 14. The number of ether oxygens (including phenoxy) is 3. The van der Waals surface area contributed by atoms with Gasteiger partial charge in [0, 0.05) is 30.9 Å². The molecule has 15 heteroatoms. The van der Waals surface area contributed by atoms with Crippen LogP contribution in [0.15, 0.2) is 17.1 Å². The lowest BCUT2D eigenvalue weighted by atomic mass is 9.59. The van der Waals surface area contributed by atoms with Crippen LogP contribution in [0, 0.1) is 12.8 Å². The number of ketones is 4. The number of aromatic hydroxyl groups is 2. The Balaban J connectivity index is 1.50. The van der Waals surface area contributed by atoms with Crippen molar-refractivity contribution in [3.05, 3.63) is 56.6 Å². The number of methoxy groups -OCH3 is 2. The molecule has 47 heavy (non-hydrogen) atoms. The Labute approximate surface area is 266 Å². The molecule has 8 unspecified atom stereocenters. The smallest absolute Gasteiger partial charge is 0.339 e. The molecular weight excluding hydrogens is 622 g/mol. The van der Waals surface area contributed by atoms with Gasteiger partial charge in [-0.1, -0.05) is 6.07 Å². The minimum atomic E-state index is -3.01. The molecule has 1 fully saturated rings. The van der Waals surface area contributed by atoms with Crippen LogP contribution in [-0.2, 0) is 26.2 Å². The number of carbonyl (C=O) groups excluding carboxylic acids is 4. The molecule has 0 spiro atoms. The van der Waals surface area contributed by atoms with Crippen LogP contribution in [0.2, 0.25) is 0 Å². The van der Waals surface area contributed by atoms with Gasteiger partial charge in [-0.25, -0.2) is 4.79 Å². The molecular formula is C32H31NO14. The largest absolute Gasteiger partial charge is 0.507 e. The predicted octanol–water partition coefficient (Wildman–Crippen LogP) is 0.250. The van der Waals surface area contributed by atoms with Crippen molar-refractivity contribution in [1.29, 1.82) is 0 Å². The Bertz CT molecular complexity index is 1830. The maximum absolute atomic E-state index is 14.2. The number of phenolic OH excluding ortho intramolecular Hbond substituents is 1. The Morgan fingerprint density at radius 3 is 2.28 bits per heavy atom. The topological polar surface area (TPSA) is 247 Å². The van der Waals surface area contributed by atoms with Crippen LogP contribution in [0.25, 0.3) is 0 Å². The van der Waals surface area contributed by atoms with Gasteiger partial charge >= 0.3 is 5.97 Å². The van der Waals surface area contributed by atoms with Crippen molar-refractivity contribution in [2.75, 3.05) is 14.2 Å². The van der Waals surface area contributed by atoms with Gasteiger partial charge in [0.05, 0.1) is 41.4 Å². The molecule has 15 nitrogen and oxygen atoms in total. The van der Waals surface area contributed by atoms with E-state index in [-0.39, 0.29) is 23.3 Å². The third-order valence-corrected chi connectivity index (χ3v) is 9.57. The van der Waals surface area contributed by atoms with Gasteiger partial charge in [-0.2, -0.15) is 0 Å². The number of fused-ring (bicyclic) bond motifs is 5. The number of rotatable bonds is 4. The molecule has 4 aliphatic rings. The second-order valence-corrected chi connectivity index (χ2v) is 12.2. The first-order chi connectivity index (χ1) is 22.1. The molecule has 1 saturated heterocycles. The summed E-state index contributed by atoms with van der Waals surface area (Å²) in [6, 6.07) is 2.12. The molecule has 0 bridgehead atoms. The summed E-state index contributed by atoms with van der Waals surface area (Å²) in [6.45, 7) is 2.97. The fourth-order valence-corrected chi connectivity index (χ4v) is 7.47. The summed E-state index contributed by atoms with van der Waals surface area (Å²) in [7, 11) is 2.64. The number of hydrogen-bond donors (Lipinski definition) is 6. The third kappa shape index (κ3) is 4.42. The number of aryl methyl sites for hydroxylation is 1. The van der Waals surface area contributed by atoms with E-state index in [0.717, 1.165) is 6.07 Å². The van der Waals surface area contributed by atoms with E-state index < -0.39 is 129 Å². The molecule has 0 radical (unpaired) electrons. The number of aliphatic hydroxyl groups excluding tert-OH is 2. The number of carboxylic acid groups (broad SMARTS) is 1. The molecule has 0 aromatic heterocycles. The summed E-state index contributed by atoms with van der Waals surface area (Å²) in [6.07, 6.45) is -7.84. The van der Waals surface area contributed by atoms with Crippen molar-refractivity contribution in [1.82, 2.24) is 0 Å². The Hall–Kier alpha value is -4.38. The molecule has 1 heterocycles. The van der Waals surface area contributed by atoms with Crippen molar-refractivity contribution < 1.29 is 68.8 Å². The zero-order valence-corrected chi connectivity index (χ0v) is 25.5. The van der Waals surface area contributed by atoms with Gasteiger partial charge in [-0.15, -0.1) is 0 Å². The zero-order chi connectivity index (χ0) is 34.4. The van der Waals surface area contributed by atoms with Crippen LogP contribution >= 0.6 is 0 Å². The van der Waals surface area contributed by atoms with E-state index in [4.69, 9.17) is 14.2 Å². The fraction of sp³-hybridized carbons (Fsp3) is 0.438. The molecule has 2 aromatic carbocycles. The van der Waals surface area contributed by atoms with E-state index in [2.05, 4.69) is 4.99 Å². The van der Waals surface area contributed by atoms with Crippen LogP contribution in [0.3, 0.4) is 0 Å². The summed E-state index contributed by atoms with van der Waals surface area (Å²) in [5.41, 5.74) is -7.03. The number of phenols is 2. The number of nitrogens with zero attached hydrogens (tertiary/aromatic N) is 1. The van der Waals surface area contributed by atoms with E-state index >= 15 is 0 Å². The summed E-state index contributed by atoms with van der Waals surface area (Å²) >= 11 is 0. The summed E-state index contributed by atoms with van der Waals surface area (Å²) in [5, 5.41) is 65.8. The van der Waals surface area contributed by atoms with Gasteiger partial charge < -0.3 is 44.8 Å². The summed E-state index contributed by atoms with van der Waals surface area (Å²) < 4.78 is 16.4. The highest BCUT2D eigenvalue weighted by Gasteiger charge is 2.62. The lowest BCUT2D eigenvalue weighted by molar-refractivity contribution is -0.228. The predicted molar refractivity (Wildman–Crippen MR) is 156 cm³/mol. The average molecular weight is 654 g/mol. The number of aromatic carboxylic acids is 1. The van der Waals surface area contributed by atoms with Crippen molar-refractivity contribution in [3.63, 3.8) is 0 Å². The summed E-state index contributed by atoms with van der Waals surface area (Å²) in [4.78, 5) is 71.5. The average Bonchev–Trinajstić information content (AvgIpc) is 2.97. The SMILES string of the molecule is COC1C(C)OC(N=C2CC(=O)c3c(cc4c(c3O)C(=O)C3C(O)Cc5cc(C)c(C(=O)O)c(O)c5C3(O)C4=O)C2=O)C(OC)C1O. The van der Waals surface area contributed by atoms with Gasteiger partial charge in [-0.05, 0) is 37.5 Å². The van der Waals surface area contributed by atoms with Crippen LogP contribution in [-0.4, -0.2) is 116 Å². The van der Waals surface area contributed by atoms with Gasteiger partial charge in [0.25, 0.3) is 0 Å².